The number of nitrogens with zero attached hydrogens (tertiary/aromatic N) is 2. The van der Waals surface area contributed by atoms with E-state index in [0.29, 0.717) is 5.04 Å². The van der Waals surface area contributed by atoms with Gasteiger partial charge in [-0.3, -0.25) is 5.01 Å². The van der Waals surface area contributed by atoms with E-state index in [-0.39, 0.29) is 0 Å². The van der Waals surface area contributed by atoms with Gasteiger partial charge in [0.2, 0.25) is 0 Å². The highest BCUT2D eigenvalue weighted by Crippen LogP contribution is 2.37. The maximum atomic E-state index is 4.54. The van der Waals surface area contributed by atoms with Crippen LogP contribution >= 0.6 is 0 Å². The van der Waals surface area contributed by atoms with Gasteiger partial charge in [-0.25, -0.2) is 0 Å². The van der Waals surface area contributed by atoms with Gasteiger partial charge in [0.05, 0.1) is 13.8 Å². The van der Waals surface area contributed by atoms with E-state index in [1.54, 1.807) is 0 Å². The second-order valence-electron chi connectivity index (χ2n) is 6.50. The summed E-state index contributed by atoms with van der Waals surface area (Å²) < 4.78 is 0. The van der Waals surface area contributed by atoms with Crippen molar-refractivity contribution in [3.8, 4) is 0 Å². The van der Waals surface area contributed by atoms with Crippen LogP contribution in [0.3, 0.4) is 0 Å². The topological polar surface area (TPSA) is 15.6 Å². The number of rotatable bonds is 4. The minimum atomic E-state index is -1.25. The van der Waals surface area contributed by atoms with Gasteiger partial charge in [-0.1, -0.05) is 52.1 Å². The van der Waals surface area contributed by atoms with Crippen LogP contribution in [0.15, 0.2) is 35.4 Å². The summed E-state index contributed by atoms with van der Waals surface area (Å²) in [4.78, 5) is 0. The molecule has 0 aliphatic carbocycles. The van der Waals surface area contributed by atoms with Crippen LogP contribution in [0, 0.1) is 0 Å². The van der Waals surface area contributed by atoms with Gasteiger partial charge in [0, 0.05) is 13.3 Å². The lowest BCUT2D eigenvalue weighted by molar-refractivity contribution is 0.721. The van der Waals surface area contributed by atoms with Gasteiger partial charge in [-0.2, -0.15) is 5.10 Å². The highest BCUT2D eigenvalue weighted by Gasteiger charge is 2.33. The van der Waals surface area contributed by atoms with Crippen LogP contribution in [-0.2, 0) is 0 Å². The molecule has 0 bridgehead atoms. The minimum Gasteiger partial charge on any atom is -0.269 e. The zero-order chi connectivity index (χ0) is 13.8. The molecule has 1 aromatic carbocycles. The molecule has 0 aliphatic rings. The lowest BCUT2D eigenvalue weighted by Crippen LogP contribution is -2.37. The first-order valence-corrected chi connectivity index (χ1v) is 9.76. The van der Waals surface area contributed by atoms with Gasteiger partial charge in [-0.05, 0) is 23.2 Å². The number of para-hydroxylation sites is 1. The van der Waals surface area contributed by atoms with Crippen molar-refractivity contribution < 1.29 is 0 Å². The molecule has 1 rings (SSSR count). The molecule has 0 saturated carbocycles. The van der Waals surface area contributed by atoms with Gasteiger partial charge in [-0.15, -0.1) is 0 Å². The second kappa shape index (κ2) is 5.70. The van der Waals surface area contributed by atoms with E-state index in [0.717, 1.165) is 11.7 Å². The van der Waals surface area contributed by atoms with Crippen LogP contribution < -0.4 is 5.01 Å². The third-order valence-electron chi connectivity index (χ3n) is 4.02. The van der Waals surface area contributed by atoms with Gasteiger partial charge < -0.3 is 0 Å². The number of benzene rings is 1. The van der Waals surface area contributed by atoms with E-state index < -0.39 is 8.07 Å². The summed E-state index contributed by atoms with van der Waals surface area (Å²) in [6.07, 6.45) is 2.09. The maximum absolute atomic E-state index is 4.54. The molecule has 100 valence electrons. The normalized spacial score (nSPS) is 13.0. The van der Waals surface area contributed by atoms with Crippen molar-refractivity contribution in [3.05, 3.63) is 30.3 Å². The lowest BCUT2D eigenvalue weighted by atomic mass is 10.2. The third kappa shape index (κ3) is 3.98. The Labute approximate surface area is 113 Å². The summed E-state index contributed by atoms with van der Waals surface area (Å²) in [7, 11) is 0.749. The van der Waals surface area contributed by atoms with Crippen LogP contribution in [0.2, 0.25) is 24.2 Å². The Balaban J connectivity index is 2.61. The summed E-state index contributed by atoms with van der Waals surface area (Å²) in [5.74, 6) is 0. The van der Waals surface area contributed by atoms with Gasteiger partial charge in [0.1, 0.15) is 0 Å². The second-order valence-corrected chi connectivity index (χ2v) is 12.2. The van der Waals surface area contributed by atoms with E-state index in [2.05, 4.69) is 57.3 Å². The summed E-state index contributed by atoms with van der Waals surface area (Å²) in [5.41, 5.74) is 1.13. The first kappa shape index (κ1) is 15.0. The molecule has 0 amide bonds. The van der Waals surface area contributed by atoms with E-state index in [4.69, 9.17) is 0 Å². The highest BCUT2D eigenvalue weighted by atomic mass is 28.3. The average Bonchev–Trinajstić information content (AvgIpc) is 2.28. The highest BCUT2D eigenvalue weighted by molar-refractivity contribution is 6.82. The van der Waals surface area contributed by atoms with Gasteiger partial charge in [0.25, 0.3) is 0 Å². The molecule has 0 fully saturated rings. The van der Waals surface area contributed by atoms with Crippen LogP contribution in [0.25, 0.3) is 0 Å². The number of hydrogen-bond acceptors (Lipinski definition) is 2. The molecular weight excluding hydrogens is 236 g/mol. The zero-order valence-corrected chi connectivity index (χ0v) is 13.6. The van der Waals surface area contributed by atoms with Crippen molar-refractivity contribution in [2.24, 2.45) is 5.10 Å². The van der Waals surface area contributed by atoms with E-state index >= 15 is 0 Å². The Bertz CT molecular complexity index is 391. The van der Waals surface area contributed by atoms with E-state index in [1.165, 1.54) is 0 Å². The Kier molecular flexibility index (Phi) is 4.74. The van der Waals surface area contributed by atoms with Crippen molar-refractivity contribution in [2.75, 3.05) is 12.1 Å². The van der Waals surface area contributed by atoms with Gasteiger partial charge in [0.15, 0.2) is 0 Å². The summed E-state index contributed by atoms with van der Waals surface area (Å²) >= 11 is 0. The van der Waals surface area contributed by atoms with Crippen molar-refractivity contribution in [2.45, 2.75) is 44.9 Å². The third-order valence-corrected chi connectivity index (χ3v) is 9.28. The van der Waals surface area contributed by atoms with E-state index in [1.807, 2.05) is 30.3 Å². The van der Waals surface area contributed by atoms with Crippen LogP contribution in [0.4, 0.5) is 5.69 Å². The number of anilines is 1. The molecule has 0 atom stereocenters. The fourth-order valence-electron chi connectivity index (χ4n) is 1.41. The fourth-order valence-corrected chi connectivity index (χ4v) is 2.56. The summed E-state index contributed by atoms with van der Waals surface area (Å²) in [6, 6.07) is 11.4. The van der Waals surface area contributed by atoms with Crippen molar-refractivity contribution in [1.82, 2.24) is 0 Å². The quantitative estimate of drug-likeness (QED) is 0.439. The molecule has 1 aromatic rings. The predicted molar refractivity (Wildman–Crippen MR) is 85.3 cm³/mol. The maximum Gasteiger partial charge on any atom is 0.0590 e. The van der Waals surface area contributed by atoms with Crippen molar-refractivity contribution >= 4 is 20.0 Å². The van der Waals surface area contributed by atoms with Crippen molar-refractivity contribution in [3.63, 3.8) is 0 Å². The monoisotopic (exact) mass is 262 g/mol. The Morgan fingerprint density at radius 1 is 1.17 bits per heavy atom. The zero-order valence-electron chi connectivity index (χ0n) is 12.6. The SMILES string of the molecule is CN(/N=C/C[Si](C)(C)C(C)(C)C)c1ccccc1. The minimum absolute atomic E-state index is 0.421. The molecule has 0 unspecified atom stereocenters. The number of hydrazone groups is 1. The lowest BCUT2D eigenvalue weighted by Gasteiger charge is -2.35. The molecule has 18 heavy (non-hydrogen) atoms. The molecule has 0 spiro atoms. The van der Waals surface area contributed by atoms with E-state index in [9.17, 15) is 0 Å². The van der Waals surface area contributed by atoms with Crippen LogP contribution in [-0.4, -0.2) is 21.3 Å². The molecule has 0 heterocycles. The fraction of sp³-hybridized carbons (Fsp3) is 0.533. The molecular formula is C15H26N2Si. The summed E-state index contributed by atoms with van der Waals surface area (Å²) in [5, 5.41) is 6.89. The molecule has 3 heteroatoms. The van der Waals surface area contributed by atoms with Crippen LogP contribution in [0.1, 0.15) is 20.8 Å². The first-order valence-electron chi connectivity index (χ1n) is 6.55. The van der Waals surface area contributed by atoms with Crippen LogP contribution in [0.5, 0.6) is 0 Å². The summed E-state index contributed by atoms with van der Waals surface area (Å²) in [6.45, 7) is 11.9. The van der Waals surface area contributed by atoms with Gasteiger partial charge >= 0.3 is 0 Å². The molecule has 0 aromatic heterocycles. The molecule has 0 saturated heterocycles. The Hall–Kier alpha value is -1.09. The molecule has 0 aliphatic heterocycles. The average molecular weight is 262 g/mol. The smallest absolute Gasteiger partial charge is 0.0590 e. The molecule has 0 radical (unpaired) electrons. The first-order chi connectivity index (χ1) is 8.24. The Morgan fingerprint density at radius 2 is 1.72 bits per heavy atom. The largest absolute Gasteiger partial charge is 0.269 e. The molecule has 2 nitrogen and oxygen atoms in total. The molecule has 0 N–H and O–H groups in total. The predicted octanol–water partition coefficient (Wildman–Crippen LogP) is 4.62. The Morgan fingerprint density at radius 3 is 2.22 bits per heavy atom. The van der Waals surface area contributed by atoms with Crippen molar-refractivity contribution in [1.29, 1.82) is 0 Å². The standard InChI is InChI=1S/C15H26N2Si/c1-15(2,3)18(5,6)13-12-16-17(4)14-10-8-7-9-11-14/h7-12H,13H2,1-6H3/b16-12+. The number of hydrogen-bond donors (Lipinski definition) is 0.